The Morgan fingerprint density at radius 3 is 2.68 bits per heavy atom. The van der Waals surface area contributed by atoms with Gasteiger partial charge in [0.05, 0.1) is 5.56 Å². The van der Waals surface area contributed by atoms with Gasteiger partial charge in [-0.05, 0) is 12.1 Å². The molecule has 98 valence electrons. The molecular formula is C11H10N4O3S. The van der Waals surface area contributed by atoms with Crippen molar-refractivity contribution in [2.45, 2.75) is 6.61 Å². The summed E-state index contributed by atoms with van der Waals surface area (Å²) in [7, 11) is 1.56. The quantitative estimate of drug-likeness (QED) is 0.752. The topological polar surface area (TPSA) is 92.8 Å². The van der Waals surface area contributed by atoms with Gasteiger partial charge < -0.3 is 14.9 Å². The number of phenols is 2. The van der Waals surface area contributed by atoms with Crippen molar-refractivity contribution >= 4 is 16.3 Å². The van der Waals surface area contributed by atoms with Crippen molar-refractivity contribution in [3.05, 3.63) is 24.0 Å². The summed E-state index contributed by atoms with van der Waals surface area (Å²) in [5.74, 6) is 0.506. The summed E-state index contributed by atoms with van der Waals surface area (Å²) >= 11 is 1.23. The van der Waals surface area contributed by atoms with Crippen LogP contribution in [0.3, 0.4) is 0 Å². The molecule has 2 aromatic heterocycles. The number of aromatic hydroxyl groups is 2. The molecule has 0 spiro atoms. The van der Waals surface area contributed by atoms with E-state index in [0.29, 0.717) is 21.4 Å². The molecule has 19 heavy (non-hydrogen) atoms. The Bertz CT molecular complexity index is 716. The maximum atomic E-state index is 9.82. The Labute approximate surface area is 111 Å². The van der Waals surface area contributed by atoms with Gasteiger partial charge in [0.15, 0.2) is 10.8 Å². The highest BCUT2D eigenvalue weighted by molar-refractivity contribution is 7.19. The summed E-state index contributed by atoms with van der Waals surface area (Å²) in [5.41, 5.74) is 0.293. The highest BCUT2D eigenvalue weighted by Crippen LogP contribution is 2.38. The lowest BCUT2D eigenvalue weighted by Crippen LogP contribution is -1.97. The van der Waals surface area contributed by atoms with E-state index >= 15 is 0 Å². The molecule has 3 aromatic rings. The molecule has 0 aliphatic rings. The van der Waals surface area contributed by atoms with Crippen LogP contribution in [0.15, 0.2) is 18.2 Å². The molecule has 0 aliphatic heterocycles. The predicted molar refractivity (Wildman–Crippen MR) is 68.1 cm³/mol. The van der Waals surface area contributed by atoms with Gasteiger partial charge in [-0.25, -0.2) is 0 Å². The second-order valence-electron chi connectivity index (χ2n) is 3.82. The molecule has 1 aromatic carbocycles. The van der Waals surface area contributed by atoms with Crippen molar-refractivity contribution in [3.63, 3.8) is 0 Å². The van der Waals surface area contributed by atoms with Gasteiger partial charge in [-0.15, -0.1) is 10.2 Å². The summed E-state index contributed by atoms with van der Waals surface area (Å²) in [6.45, 7) is 0.289. The molecule has 8 heteroatoms. The highest BCUT2D eigenvalue weighted by Gasteiger charge is 2.17. The molecule has 0 bridgehead atoms. The van der Waals surface area contributed by atoms with Crippen molar-refractivity contribution in [2.75, 3.05) is 7.11 Å². The van der Waals surface area contributed by atoms with E-state index < -0.39 is 0 Å². The minimum absolute atomic E-state index is 0.0294. The fourth-order valence-corrected chi connectivity index (χ4v) is 2.65. The fourth-order valence-electron chi connectivity index (χ4n) is 1.73. The van der Waals surface area contributed by atoms with E-state index in [1.807, 2.05) is 0 Å². The highest BCUT2D eigenvalue weighted by atomic mass is 32.1. The van der Waals surface area contributed by atoms with Gasteiger partial charge in [0.2, 0.25) is 4.96 Å². The van der Waals surface area contributed by atoms with Crippen LogP contribution in [0.1, 0.15) is 5.82 Å². The fraction of sp³-hybridized carbons (Fsp3) is 0.182. The number of benzene rings is 1. The zero-order valence-corrected chi connectivity index (χ0v) is 10.8. The third kappa shape index (κ3) is 1.90. The second kappa shape index (κ2) is 4.48. The van der Waals surface area contributed by atoms with Crippen molar-refractivity contribution in [1.82, 2.24) is 19.8 Å². The van der Waals surface area contributed by atoms with E-state index in [1.165, 1.54) is 28.0 Å². The average molecular weight is 278 g/mol. The maximum absolute atomic E-state index is 9.82. The number of fused-ring (bicyclic) bond motifs is 1. The van der Waals surface area contributed by atoms with E-state index in [2.05, 4.69) is 15.3 Å². The molecule has 2 heterocycles. The third-order valence-corrected chi connectivity index (χ3v) is 3.48. The zero-order chi connectivity index (χ0) is 13.4. The number of ether oxygens (including phenoxy) is 1. The third-order valence-electron chi connectivity index (χ3n) is 2.56. The first-order chi connectivity index (χ1) is 9.20. The Morgan fingerprint density at radius 2 is 2.00 bits per heavy atom. The second-order valence-corrected chi connectivity index (χ2v) is 4.78. The monoisotopic (exact) mass is 278 g/mol. The van der Waals surface area contributed by atoms with Crippen molar-refractivity contribution in [3.8, 4) is 22.1 Å². The van der Waals surface area contributed by atoms with Gasteiger partial charge in [0, 0.05) is 7.11 Å². The number of nitrogens with zero attached hydrogens (tertiary/aromatic N) is 4. The van der Waals surface area contributed by atoms with Crippen LogP contribution in [0.4, 0.5) is 0 Å². The van der Waals surface area contributed by atoms with E-state index in [0.717, 1.165) is 0 Å². The Balaban J connectivity index is 2.16. The zero-order valence-electron chi connectivity index (χ0n) is 9.94. The molecular weight excluding hydrogens is 268 g/mol. The molecule has 0 radical (unpaired) electrons. The largest absolute Gasteiger partial charge is 0.507 e. The number of hydrogen-bond donors (Lipinski definition) is 2. The van der Waals surface area contributed by atoms with Crippen LogP contribution < -0.4 is 0 Å². The van der Waals surface area contributed by atoms with Crippen LogP contribution in [-0.4, -0.2) is 37.1 Å². The number of rotatable bonds is 3. The van der Waals surface area contributed by atoms with E-state index in [-0.39, 0.29) is 18.1 Å². The maximum Gasteiger partial charge on any atom is 0.235 e. The van der Waals surface area contributed by atoms with E-state index in [4.69, 9.17) is 4.74 Å². The van der Waals surface area contributed by atoms with Crippen LogP contribution in [0.2, 0.25) is 0 Å². The number of methoxy groups -OCH3 is 1. The average Bonchev–Trinajstić information content (AvgIpc) is 2.92. The lowest BCUT2D eigenvalue weighted by molar-refractivity contribution is 0.176. The minimum Gasteiger partial charge on any atom is -0.507 e. The van der Waals surface area contributed by atoms with Gasteiger partial charge in [-0.2, -0.15) is 9.61 Å². The first-order valence-corrected chi connectivity index (χ1v) is 6.23. The minimum atomic E-state index is -0.0294. The first kappa shape index (κ1) is 11.9. The Morgan fingerprint density at radius 1 is 1.26 bits per heavy atom. The van der Waals surface area contributed by atoms with Gasteiger partial charge in [-0.1, -0.05) is 17.4 Å². The van der Waals surface area contributed by atoms with Gasteiger partial charge in [0.1, 0.15) is 18.1 Å². The Hall–Kier alpha value is -2.19. The van der Waals surface area contributed by atoms with Gasteiger partial charge in [-0.3, -0.25) is 0 Å². The SMILES string of the molecule is COCc1nnc2sc(-c3c(O)cccc3O)nn12. The summed E-state index contributed by atoms with van der Waals surface area (Å²) in [5, 5.41) is 32.3. The van der Waals surface area contributed by atoms with Crippen LogP contribution in [-0.2, 0) is 11.3 Å². The normalized spacial score (nSPS) is 11.2. The molecule has 0 saturated heterocycles. The standard InChI is InChI=1S/C11H10N4O3S/c1-18-5-8-12-13-11-15(8)14-10(19-11)9-6(16)3-2-4-7(9)17/h2-4,16-17H,5H2,1H3. The molecule has 0 aliphatic carbocycles. The number of phenolic OH excluding ortho intramolecular Hbond substituents is 2. The van der Waals surface area contributed by atoms with Crippen LogP contribution in [0.5, 0.6) is 11.5 Å². The van der Waals surface area contributed by atoms with Gasteiger partial charge >= 0.3 is 0 Å². The molecule has 3 rings (SSSR count). The summed E-state index contributed by atoms with van der Waals surface area (Å²) in [4.78, 5) is 0.574. The van der Waals surface area contributed by atoms with Crippen molar-refractivity contribution in [2.24, 2.45) is 0 Å². The van der Waals surface area contributed by atoms with Gasteiger partial charge in [0.25, 0.3) is 0 Å². The smallest absolute Gasteiger partial charge is 0.235 e. The van der Waals surface area contributed by atoms with E-state index in [1.54, 1.807) is 13.2 Å². The lowest BCUT2D eigenvalue weighted by Gasteiger charge is -2.02. The lowest BCUT2D eigenvalue weighted by atomic mass is 10.2. The number of aromatic nitrogens is 4. The molecule has 7 nitrogen and oxygen atoms in total. The molecule has 0 amide bonds. The predicted octanol–water partition coefficient (Wildman–Crippen LogP) is 1.41. The van der Waals surface area contributed by atoms with Crippen LogP contribution in [0, 0.1) is 0 Å². The molecule has 0 unspecified atom stereocenters. The number of hydrogen-bond acceptors (Lipinski definition) is 7. The van der Waals surface area contributed by atoms with Crippen LogP contribution in [0.25, 0.3) is 15.5 Å². The van der Waals surface area contributed by atoms with Crippen LogP contribution >= 0.6 is 11.3 Å². The summed E-state index contributed by atoms with van der Waals surface area (Å²) in [6.07, 6.45) is 0. The molecule has 0 atom stereocenters. The van der Waals surface area contributed by atoms with Crippen molar-refractivity contribution in [1.29, 1.82) is 0 Å². The summed E-state index contributed by atoms with van der Waals surface area (Å²) in [6, 6.07) is 4.55. The van der Waals surface area contributed by atoms with E-state index in [9.17, 15) is 10.2 Å². The Kier molecular flexibility index (Phi) is 2.80. The first-order valence-electron chi connectivity index (χ1n) is 5.42. The summed E-state index contributed by atoms with van der Waals surface area (Å²) < 4.78 is 6.54. The molecule has 0 saturated carbocycles. The van der Waals surface area contributed by atoms with Crippen molar-refractivity contribution < 1.29 is 14.9 Å². The molecule has 0 fully saturated rings. The molecule has 2 N–H and O–H groups in total.